The summed E-state index contributed by atoms with van der Waals surface area (Å²) in [6, 6.07) is 0. The van der Waals surface area contributed by atoms with Gasteiger partial charge >= 0.3 is 0 Å². The van der Waals surface area contributed by atoms with Crippen molar-refractivity contribution in [2.45, 2.75) is 194 Å². The summed E-state index contributed by atoms with van der Waals surface area (Å²) in [7, 11) is 0. The second-order valence-electron chi connectivity index (χ2n) is 11.6. The largest absolute Gasteiger partial charge is 0.258 e. The third kappa shape index (κ3) is 17.3. The Morgan fingerprint density at radius 1 is 0.543 bits per heavy atom. The van der Waals surface area contributed by atoms with Gasteiger partial charge in [-0.2, -0.15) is 0 Å². The molecule has 0 saturated heterocycles. The Morgan fingerprint density at radius 3 is 1.31 bits per heavy atom. The van der Waals surface area contributed by atoms with Crippen LogP contribution in [0.3, 0.4) is 0 Å². The van der Waals surface area contributed by atoms with Crippen molar-refractivity contribution in [1.29, 1.82) is 0 Å². The van der Waals surface area contributed by atoms with Crippen molar-refractivity contribution in [3.05, 3.63) is 18.2 Å². The van der Waals surface area contributed by atoms with Gasteiger partial charge in [0.2, 0.25) is 0 Å². The SMILES string of the molecule is CCCCCCCCCCCCCCC[n+]1ccn(CCCCCCCCCCCC)c1C(C)C. The number of nitrogens with zero attached hydrogens (tertiary/aromatic N) is 2. The molecule has 1 rings (SSSR count). The van der Waals surface area contributed by atoms with E-state index in [0.717, 1.165) is 0 Å². The van der Waals surface area contributed by atoms with Crippen LogP contribution in [0.4, 0.5) is 0 Å². The van der Waals surface area contributed by atoms with Crippen LogP contribution in [-0.4, -0.2) is 4.57 Å². The second-order valence-corrected chi connectivity index (χ2v) is 11.6. The molecule has 0 aromatic carbocycles. The van der Waals surface area contributed by atoms with Crippen LogP contribution in [0.15, 0.2) is 12.4 Å². The lowest BCUT2D eigenvalue weighted by Crippen LogP contribution is -2.38. The highest BCUT2D eigenvalue weighted by Crippen LogP contribution is 2.16. The summed E-state index contributed by atoms with van der Waals surface area (Å²) in [5, 5.41) is 0. The topological polar surface area (TPSA) is 8.81 Å². The predicted octanol–water partition coefficient (Wildman–Crippen LogP) is 10.9. The Morgan fingerprint density at radius 2 is 0.914 bits per heavy atom. The standard InChI is InChI=1S/C33H65N2/c1-5-7-9-11-13-15-17-18-19-21-23-25-27-29-35-31-30-34(33(35)32(3)4)28-26-24-22-20-16-14-12-10-8-6-2/h30-32H,5-29H2,1-4H3/q+1. The first-order chi connectivity index (χ1) is 17.2. The molecule has 0 spiro atoms. The van der Waals surface area contributed by atoms with E-state index in [9.17, 15) is 0 Å². The molecule has 0 aliphatic heterocycles. The molecule has 206 valence electrons. The van der Waals surface area contributed by atoms with E-state index in [1.54, 1.807) is 5.82 Å². The molecule has 2 nitrogen and oxygen atoms in total. The minimum absolute atomic E-state index is 0.607. The Labute approximate surface area is 221 Å². The fraction of sp³-hybridized carbons (Fsp3) is 0.909. The van der Waals surface area contributed by atoms with Gasteiger partial charge in [-0.25, -0.2) is 9.13 Å². The third-order valence-electron chi connectivity index (χ3n) is 7.79. The number of imidazole rings is 1. The maximum atomic E-state index is 2.56. The maximum Gasteiger partial charge on any atom is 0.258 e. The van der Waals surface area contributed by atoms with E-state index >= 15 is 0 Å². The van der Waals surface area contributed by atoms with Crippen LogP contribution in [0.5, 0.6) is 0 Å². The summed E-state index contributed by atoms with van der Waals surface area (Å²) >= 11 is 0. The molecule has 0 amide bonds. The Balaban J connectivity index is 2.08. The van der Waals surface area contributed by atoms with Crippen molar-refractivity contribution in [2.75, 3.05) is 0 Å². The minimum atomic E-state index is 0.607. The van der Waals surface area contributed by atoms with Gasteiger partial charge in [0.1, 0.15) is 12.4 Å². The minimum Gasteiger partial charge on any atom is -0.234 e. The highest BCUT2D eigenvalue weighted by atomic mass is 15.1. The Hall–Kier alpha value is -0.790. The van der Waals surface area contributed by atoms with Crippen LogP contribution in [0.1, 0.15) is 187 Å². The third-order valence-corrected chi connectivity index (χ3v) is 7.79. The highest BCUT2D eigenvalue weighted by Gasteiger charge is 2.19. The lowest BCUT2D eigenvalue weighted by Gasteiger charge is -2.08. The van der Waals surface area contributed by atoms with Crippen molar-refractivity contribution in [1.82, 2.24) is 4.57 Å². The van der Waals surface area contributed by atoms with E-state index in [2.05, 4.69) is 49.2 Å². The van der Waals surface area contributed by atoms with Crippen LogP contribution in [0.2, 0.25) is 0 Å². The molecule has 1 heterocycles. The quantitative estimate of drug-likeness (QED) is 0.0903. The van der Waals surface area contributed by atoms with Gasteiger partial charge in [-0.15, -0.1) is 0 Å². The number of hydrogen-bond acceptors (Lipinski definition) is 0. The molecule has 0 N–H and O–H groups in total. The molecule has 0 radical (unpaired) electrons. The van der Waals surface area contributed by atoms with Crippen LogP contribution >= 0.6 is 0 Å². The molecule has 1 aromatic rings. The molecule has 0 unspecified atom stereocenters. The molecule has 0 fully saturated rings. The molecular formula is C33H65N2+. The van der Waals surface area contributed by atoms with Crippen LogP contribution in [-0.2, 0) is 13.1 Å². The number of aromatic nitrogens is 2. The molecular weight excluding hydrogens is 424 g/mol. The van der Waals surface area contributed by atoms with Crippen molar-refractivity contribution in [3.63, 3.8) is 0 Å². The summed E-state index contributed by atoms with van der Waals surface area (Å²) < 4.78 is 5.11. The zero-order chi connectivity index (χ0) is 25.4. The van der Waals surface area contributed by atoms with Crippen molar-refractivity contribution >= 4 is 0 Å². The molecule has 0 bridgehead atoms. The second kappa shape index (κ2) is 23.6. The first-order valence-electron chi connectivity index (χ1n) is 16.3. The van der Waals surface area contributed by atoms with Crippen molar-refractivity contribution in [3.8, 4) is 0 Å². The zero-order valence-electron chi connectivity index (χ0n) is 24.8. The summed E-state index contributed by atoms with van der Waals surface area (Å²) in [6.07, 6.45) is 37.5. The van der Waals surface area contributed by atoms with E-state index in [1.165, 1.54) is 161 Å². The van der Waals surface area contributed by atoms with Gasteiger partial charge in [0.25, 0.3) is 5.82 Å². The molecule has 0 atom stereocenters. The Kier molecular flexibility index (Phi) is 21.7. The molecule has 0 aliphatic carbocycles. The molecule has 2 heteroatoms. The van der Waals surface area contributed by atoms with Gasteiger partial charge in [-0.1, -0.05) is 150 Å². The van der Waals surface area contributed by atoms with Gasteiger partial charge in [-0.05, 0) is 25.7 Å². The van der Waals surface area contributed by atoms with E-state index in [0.29, 0.717) is 5.92 Å². The van der Waals surface area contributed by atoms with Crippen LogP contribution in [0.25, 0.3) is 0 Å². The lowest BCUT2D eigenvalue weighted by atomic mass is 10.0. The summed E-state index contributed by atoms with van der Waals surface area (Å²) in [4.78, 5) is 0. The maximum absolute atomic E-state index is 2.56. The summed E-state index contributed by atoms with van der Waals surface area (Å²) in [5.41, 5.74) is 0. The van der Waals surface area contributed by atoms with Gasteiger partial charge in [0.15, 0.2) is 0 Å². The van der Waals surface area contributed by atoms with Crippen LogP contribution in [0, 0.1) is 0 Å². The number of aryl methyl sites for hydroxylation is 2. The first-order valence-corrected chi connectivity index (χ1v) is 16.3. The van der Waals surface area contributed by atoms with E-state index in [1.807, 2.05) is 0 Å². The fourth-order valence-corrected chi connectivity index (χ4v) is 5.59. The van der Waals surface area contributed by atoms with Gasteiger partial charge in [-0.3, -0.25) is 0 Å². The Bertz CT molecular complexity index is 559. The first kappa shape index (κ1) is 32.2. The average Bonchev–Trinajstić information content (AvgIpc) is 3.26. The normalized spacial score (nSPS) is 11.7. The van der Waals surface area contributed by atoms with E-state index in [-0.39, 0.29) is 0 Å². The molecule has 0 aliphatic rings. The molecule has 35 heavy (non-hydrogen) atoms. The number of rotatable bonds is 26. The monoisotopic (exact) mass is 490 g/mol. The summed E-state index contributed by atoms with van der Waals surface area (Å²) in [6.45, 7) is 11.7. The highest BCUT2D eigenvalue weighted by molar-refractivity contribution is 4.89. The van der Waals surface area contributed by atoms with Crippen LogP contribution < -0.4 is 4.57 Å². The van der Waals surface area contributed by atoms with Gasteiger partial charge < -0.3 is 0 Å². The van der Waals surface area contributed by atoms with E-state index in [4.69, 9.17) is 0 Å². The number of unbranched alkanes of at least 4 members (excludes halogenated alkanes) is 21. The smallest absolute Gasteiger partial charge is 0.234 e. The zero-order valence-corrected chi connectivity index (χ0v) is 24.8. The molecule has 1 aromatic heterocycles. The van der Waals surface area contributed by atoms with Crippen molar-refractivity contribution < 1.29 is 4.57 Å². The molecule has 0 saturated carbocycles. The summed E-state index contributed by atoms with van der Waals surface area (Å²) in [5.74, 6) is 2.15. The number of hydrogen-bond donors (Lipinski definition) is 0. The van der Waals surface area contributed by atoms with Gasteiger partial charge in [0.05, 0.1) is 19.0 Å². The van der Waals surface area contributed by atoms with Crippen molar-refractivity contribution in [2.24, 2.45) is 0 Å². The lowest BCUT2D eigenvalue weighted by molar-refractivity contribution is -0.705. The fourth-order valence-electron chi connectivity index (χ4n) is 5.59. The predicted molar refractivity (Wildman–Crippen MR) is 156 cm³/mol. The van der Waals surface area contributed by atoms with Gasteiger partial charge in [0, 0.05) is 0 Å². The average molecular weight is 490 g/mol. The van der Waals surface area contributed by atoms with E-state index < -0.39 is 0 Å².